The highest BCUT2D eigenvalue weighted by Gasteiger charge is 2.56. The molecule has 5 heteroatoms. The van der Waals surface area contributed by atoms with Gasteiger partial charge < -0.3 is 10.4 Å². The smallest absolute Gasteiger partial charge is 0.226 e. The van der Waals surface area contributed by atoms with E-state index >= 15 is 0 Å². The minimum Gasteiger partial charge on any atom is -0.387 e. The highest BCUT2D eigenvalue weighted by molar-refractivity contribution is 6.52. The number of amides is 1. The third-order valence-corrected chi connectivity index (χ3v) is 3.99. The van der Waals surface area contributed by atoms with Crippen LogP contribution in [0.15, 0.2) is 24.3 Å². The molecule has 1 fully saturated rings. The average molecular weight is 288 g/mol. The van der Waals surface area contributed by atoms with Crippen molar-refractivity contribution < 1.29 is 9.90 Å². The number of rotatable bonds is 4. The topological polar surface area (TPSA) is 49.3 Å². The third kappa shape index (κ3) is 2.97. The third-order valence-electron chi connectivity index (χ3n) is 3.16. The molecule has 2 unspecified atom stereocenters. The van der Waals surface area contributed by atoms with Gasteiger partial charge in [-0.15, -0.1) is 23.2 Å². The maximum Gasteiger partial charge on any atom is 0.226 e. The number of benzene rings is 1. The second-order valence-corrected chi connectivity index (χ2v) is 6.18. The molecule has 0 spiro atoms. The lowest BCUT2D eigenvalue weighted by atomic mass is 10.0. The predicted octanol–water partition coefficient (Wildman–Crippen LogP) is 2.34. The highest BCUT2D eigenvalue weighted by atomic mass is 35.5. The first kappa shape index (κ1) is 13.7. The Labute approximate surface area is 116 Å². The van der Waals surface area contributed by atoms with Crippen LogP contribution in [0.5, 0.6) is 0 Å². The highest BCUT2D eigenvalue weighted by Crippen LogP contribution is 2.53. The molecule has 1 aromatic carbocycles. The Hall–Kier alpha value is -0.770. The molecule has 2 N–H and O–H groups in total. The van der Waals surface area contributed by atoms with Crippen LogP contribution in [0.25, 0.3) is 0 Å². The summed E-state index contributed by atoms with van der Waals surface area (Å²) in [5.41, 5.74) is 1.81. The van der Waals surface area contributed by atoms with E-state index < -0.39 is 10.4 Å². The van der Waals surface area contributed by atoms with Gasteiger partial charge >= 0.3 is 0 Å². The molecule has 0 saturated heterocycles. The Morgan fingerprint density at radius 3 is 2.72 bits per heavy atom. The standard InChI is InChI=1S/C13H15Cl2NO2/c1-8-4-2-3-5-9(8)11(17)7-16-12(18)10-6-13(10,14)15/h2-5,10-11,17H,6-7H2,1H3,(H,16,18). The van der Waals surface area contributed by atoms with E-state index in [1.165, 1.54) is 0 Å². The second kappa shape index (κ2) is 5.08. The van der Waals surface area contributed by atoms with E-state index in [4.69, 9.17) is 23.2 Å². The van der Waals surface area contributed by atoms with Crippen LogP contribution < -0.4 is 5.32 Å². The van der Waals surface area contributed by atoms with Gasteiger partial charge in [0.05, 0.1) is 12.0 Å². The zero-order valence-electron chi connectivity index (χ0n) is 9.99. The van der Waals surface area contributed by atoms with Gasteiger partial charge in [-0.1, -0.05) is 24.3 Å². The predicted molar refractivity (Wildman–Crippen MR) is 71.7 cm³/mol. The van der Waals surface area contributed by atoms with E-state index in [-0.39, 0.29) is 18.4 Å². The largest absolute Gasteiger partial charge is 0.387 e. The van der Waals surface area contributed by atoms with Gasteiger partial charge in [0.25, 0.3) is 0 Å². The van der Waals surface area contributed by atoms with Crippen LogP contribution in [0.1, 0.15) is 23.7 Å². The summed E-state index contributed by atoms with van der Waals surface area (Å²) in [5, 5.41) is 12.7. The van der Waals surface area contributed by atoms with Gasteiger partial charge in [0.2, 0.25) is 5.91 Å². The first-order valence-corrected chi connectivity index (χ1v) is 6.56. The minimum atomic E-state index is -0.919. The summed E-state index contributed by atoms with van der Waals surface area (Å²) in [5.74, 6) is -0.558. The van der Waals surface area contributed by atoms with Gasteiger partial charge in [-0.3, -0.25) is 4.79 Å². The summed E-state index contributed by atoms with van der Waals surface area (Å²) in [7, 11) is 0. The lowest BCUT2D eigenvalue weighted by Crippen LogP contribution is -2.31. The number of halogens is 2. The first-order chi connectivity index (χ1) is 8.42. The fourth-order valence-corrected chi connectivity index (χ4v) is 2.40. The number of hydrogen-bond acceptors (Lipinski definition) is 2. The first-order valence-electron chi connectivity index (χ1n) is 5.81. The quantitative estimate of drug-likeness (QED) is 0.835. The molecule has 1 saturated carbocycles. The maximum atomic E-state index is 11.7. The van der Waals surface area contributed by atoms with Crippen LogP contribution in [0.4, 0.5) is 0 Å². The van der Waals surface area contributed by atoms with Crippen LogP contribution in [0, 0.1) is 12.8 Å². The molecule has 0 radical (unpaired) electrons. The minimum absolute atomic E-state index is 0.171. The van der Waals surface area contributed by atoms with Crippen molar-refractivity contribution in [3.63, 3.8) is 0 Å². The summed E-state index contributed by atoms with van der Waals surface area (Å²) < 4.78 is -0.919. The fraction of sp³-hybridized carbons (Fsp3) is 0.462. The lowest BCUT2D eigenvalue weighted by molar-refractivity contribution is -0.122. The van der Waals surface area contributed by atoms with E-state index in [1.807, 2.05) is 31.2 Å². The van der Waals surface area contributed by atoms with Crippen molar-refractivity contribution in [2.45, 2.75) is 23.8 Å². The summed E-state index contributed by atoms with van der Waals surface area (Å²) in [6.45, 7) is 2.09. The van der Waals surface area contributed by atoms with Crippen LogP contribution in [-0.2, 0) is 4.79 Å². The van der Waals surface area contributed by atoms with Crippen molar-refractivity contribution >= 4 is 29.1 Å². The molecule has 1 aromatic rings. The van der Waals surface area contributed by atoms with Crippen LogP contribution >= 0.6 is 23.2 Å². The van der Waals surface area contributed by atoms with Crippen molar-refractivity contribution in [3.05, 3.63) is 35.4 Å². The van der Waals surface area contributed by atoms with Gasteiger partial charge in [-0.25, -0.2) is 0 Å². The fourth-order valence-electron chi connectivity index (χ4n) is 1.89. The Bertz CT molecular complexity index is 462. The Kier molecular flexibility index (Phi) is 3.85. The van der Waals surface area contributed by atoms with Crippen LogP contribution in [0.2, 0.25) is 0 Å². The molecule has 0 heterocycles. The molecule has 18 heavy (non-hydrogen) atoms. The van der Waals surface area contributed by atoms with Gasteiger partial charge in [0.1, 0.15) is 4.33 Å². The number of hydrogen-bond donors (Lipinski definition) is 2. The molecule has 3 nitrogen and oxygen atoms in total. The van der Waals surface area contributed by atoms with E-state index in [0.29, 0.717) is 6.42 Å². The van der Waals surface area contributed by atoms with E-state index in [1.54, 1.807) is 0 Å². The zero-order valence-corrected chi connectivity index (χ0v) is 11.5. The van der Waals surface area contributed by atoms with E-state index in [0.717, 1.165) is 11.1 Å². The molecule has 1 aliphatic carbocycles. The summed E-state index contributed by atoms with van der Waals surface area (Å²) in [6, 6.07) is 7.53. The van der Waals surface area contributed by atoms with Gasteiger partial charge in [-0.2, -0.15) is 0 Å². The molecule has 0 aliphatic heterocycles. The second-order valence-electron chi connectivity index (χ2n) is 4.64. The average Bonchev–Trinajstić information content (AvgIpc) is 2.96. The van der Waals surface area contributed by atoms with Crippen molar-refractivity contribution in [3.8, 4) is 0 Å². The molecule has 1 aliphatic rings. The molecule has 2 atom stereocenters. The molecular weight excluding hydrogens is 273 g/mol. The molecule has 0 aromatic heterocycles. The van der Waals surface area contributed by atoms with Crippen molar-refractivity contribution in [2.75, 3.05) is 6.54 Å². The monoisotopic (exact) mass is 287 g/mol. The van der Waals surface area contributed by atoms with Gasteiger partial charge in [0.15, 0.2) is 0 Å². The van der Waals surface area contributed by atoms with Crippen molar-refractivity contribution in [2.24, 2.45) is 5.92 Å². The molecular formula is C13H15Cl2NO2. The maximum absolute atomic E-state index is 11.7. The molecule has 98 valence electrons. The Morgan fingerprint density at radius 2 is 2.17 bits per heavy atom. The number of aliphatic hydroxyl groups is 1. The number of alkyl halides is 2. The molecule has 1 amide bonds. The number of nitrogens with one attached hydrogen (secondary N) is 1. The summed E-state index contributed by atoms with van der Waals surface area (Å²) >= 11 is 11.6. The SMILES string of the molecule is Cc1ccccc1C(O)CNC(=O)C1CC1(Cl)Cl. The lowest BCUT2D eigenvalue weighted by Gasteiger charge is -2.14. The summed E-state index contributed by atoms with van der Waals surface area (Å²) in [6.07, 6.45) is -0.239. The van der Waals surface area contributed by atoms with Crippen molar-refractivity contribution in [1.29, 1.82) is 0 Å². The van der Waals surface area contributed by atoms with Crippen LogP contribution in [0.3, 0.4) is 0 Å². The normalized spacial score (nSPS) is 22.3. The van der Waals surface area contributed by atoms with Gasteiger partial charge in [0, 0.05) is 6.54 Å². The zero-order chi connectivity index (χ0) is 13.3. The number of carbonyl (C=O) groups excluding carboxylic acids is 1. The Morgan fingerprint density at radius 1 is 1.56 bits per heavy atom. The van der Waals surface area contributed by atoms with Crippen molar-refractivity contribution in [1.82, 2.24) is 5.32 Å². The molecule has 0 bridgehead atoms. The molecule has 2 rings (SSSR count). The number of aliphatic hydroxyl groups excluding tert-OH is 1. The summed E-state index contributed by atoms with van der Waals surface area (Å²) in [4.78, 5) is 11.7. The Balaban J connectivity index is 1.88. The van der Waals surface area contributed by atoms with E-state index in [2.05, 4.69) is 5.32 Å². The number of carbonyl (C=O) groups is 1. The number of aryl methyl sites for hydroxylation is 1. The van der Waals surface area contributed by atoms with Crippen LogP contribution in [-0.4, -0.2) is 21.9 Å². The van der Waals surface area contributed by atoms with Gasteiger partial charge in [-0.05, 0) is 24.5 Å². The van der Waals surface area contributed by atoms with E-state index in [9.17, 15) is 9.90 Å².